The second kappa shape index (κ2) is 9.60. The summed E-state index contributed by atoms with van der Waals surface area (Å²) in [5.74, 6) is 0.702. The van der Waals surface area contributed by atoms with E-state index in [-0.39, 0.29) is 0 Å². The molecule has 28 heavy (non-hydrogen) atoms. The zero-order chi connectivity index (χ0) is 19.9. The minimum absolute atomic E-state index is 0.352. The van der Waals surface area contributed by atoms with Gasteiger partial charge in [0.1, 0.15) is 0 Å². The van der Waals surface area contributed by atoms with Gasteiger partial charge in [0.05, 0.1) is 5.52 Å². The van der Waals surface area contributed by atoms with E-state index in [1.54, 1.807) is 0 Å². The standard InChI is InChI=1S/C23H31N5/c1-5-28(6-2)13-7-8-18(4)26-23-25-15-20-14-19(9-10-22(20)27-23)21-16-24-12-11-17(21)3/h9-12,14-16,18H,5-8,13H2,1-4H3,(H,25,26,27). The lowest BCUT2D eigenvalue weighted by Gasteiger charge is -2.19. The minimum Gasteiger partial charge on any atom is -0.352 e. The van der Waals surface area contributed by atoms with Gasteiger partial charge in [0.15, 0.2) is 0 Å². The molecule has 0 amide bonds. The molecule has 0 saturated heterocycles. The Bertz CT molecular complexity index is 904. The van der Waals surface area contributed by atoms with Crippen LogP contribution in [0.15, 0.2) is 42.9 Å². The average molecular weight is 378 g/mol. The maximum Gasteiger partial charge on any atom is 0.223 e. The SMILES string of the molecule is CCN(CC)CCCC(C)Nc1ncc2cc(-c3cnccc3C)ccc2n1. The van der Waals surface area contributed by atoms with E-state index >= 15 is 0 Å². The normalized spacial score (nSPS) is 12.5. The first kappa shape index (κ1) is 20.2. The zero-order valence-corrected chi connectivity index (χ0v) is 17.4. The third-order valence-corrected chi connectivity index (χ3v) is 5.31. The molecule has 0 aliphatic carbocycles. The van der Waals surface area contributed by atoms with Crippen molar-refractivity contribution in [2.45, 2.75) is 46.6 Å². The maximum atomic E-state index is 4.70. The highest BCUT2D eigenvalue weighted by atomic mass is 15.1. The van der Waals surface area contributed by atoms with E-state index in [0.29, 0.717) is 12.0 Å². The fourth-order valence-electron chi connectivity index (χ4n) is 3.49. The highest BCUT2D eigenvalue weighted by Crippen LogP contribution is 2.25. The van der Waals surface area contributed by atoms with Crippen LogP contribution in [0.1, 0.15) is 39.2 Å². The van der Waals surface area contributed by atoms with Crippen molar-refractivity contribution in [2.24, 2.45) is 0 Å². The van der Waals surface area contributed by atoms with Gasteiger partial charge in [0, 0.05) is 35.6 Å². The van der Waals surface area contributed by atoms with Crippen molar-refractivity contribution < 1.29 is 0 Å². The minimum atomic E-state index is 0.352. The summed E-state index contributed by atoms with van der Waals surface area (Å²) >= 11 is 0. The second-order valence-corrected chi connectivity index (χ2v) is 7.37. The summed E-state index contributed by atoms with van der Waals surface area (Å²) in [5.41, 5.74) is 4.46. The number of nitrogens with one attached hydrogen (secondary N) is 1. The van der Waals surface area contributed by atoms with Gasteiger partial charge in [-0.15, -0.1) is 0 Å². The van der Waals surface area contributed by atoms with E-state index in [2.05, 4.69) is 66.1 Å². The van der Waals surface area contributed by atoms with Crippen molar-refractivity contribution in [3.05, 3.63) is 48.4 Å². The van der Waals surface area contributed by atoms with Crippen molar-refractivity contribution >= 4 is 16.9 Å². The average Bonchev–Trinajstić information content (AvgIpc) is 2.71. The van der Waals surface area contributed by atoms with Crippen LogP contribution >= 0.6 is 0 Å². The number of fused-ring (bicyclic) bond motifs is 1. The van der Waals surface area contributed by atoms with Crippen molar-refractivity contribution in [3.63, 3.8) is 0 Å². The Balaban J connectivity index is 1.66. The van der Waals surface area contributed by atoms with Crippen LogP contribution in [0.2, 0.25) is 0 Å². The van der Waals surface area contributed by atoms with E-state index < -0.39 is 0 Å². The largest absolute Gasteiger partial charge is 0.352 e. The smallest absolute Gasteiger partial charge is 0.223 e. The first-order valence-electron chi connectivity index (χ1n) is 10.3. The van der Waals surface area contributed by atoms with Gasteiger partial charge in [0.2, 0.25) is 5.95 Å². The summed E-state index contributed by atoms with van der Waals surface area (Å²) in [6, 6.07) is 8.69. The molecule has 1 aromatic carbocycles. The van der Waals surface area contributed by atoms with Crippen LogP contribution in [0.25, 0.3) is 22.0 Å². The Morgan fingerprint density at radius 2 is 1.93 bits per heavy atom. The molecule has 148 valence electrons. The first-order valence-corrected chi connectivity index (χ1v) is 10.3. The molecule has 0 bridgehead atoms. The van der Waals surface area contributed by atoms with Crippen molar-refractivity contribution in [3.8, 4) is 11.1 Å². The van der Waals surface area contributed by atoms with Crippen molar-refractivity contribution in [1.82, 2.24) is 19.9 Å². The van der Waals surface area contributed by atoms with Crippen LogP contribution in [0, 0.1) is 6.92 Å². The van der Waals surface area contributed by atoms with Gasteiger partial charge in [0.25, 0.3) is 0 Å². The predicted octanol–water partition coefficient (Wildman–Crippen LogP) is 4.92. The molecular formula is C23H31N5. The van der Waals surface area contributed by atoms with Crippen molar-refractivity contribution in [1.29, 1.82) is 0 Å². The molecule has 0 aliphatic heterocycles. The number of rotatable bonds is 9. The zero-order valence-electron chi connectivity index (χ0n) is 17.4. The Morgan fingerprint density at radius 1 is 1.11 bits per heavy atom. The molecule has 0 saturated carbocycles. The number of aryl methyl sites for hydroxylation is 1. The second-order valence-electron chi connectivity index (χ2n) is 7.37. The summed E-state index contributed by atoms with van der Waals surface area (Å²) in [5, 5.41) is 4.49. The fourth-order valence-corrected chi connectivity index (χ4v) is 3.49. The summed E-state index contributed by atoms with van der Waals surface area (Å²) in [7, 11) is 0. The van der Waals surface area contributed by atoms with Gasteiger partial charge in [-0.2, -0.15) is 0 Å². The molecule has 1 atom stereocenters. The van der Waals surface area contributed by atoms with E-state index in [1.165, 1.54) is 12.0 Å². The monoisotopic (exact) mass is 377 g/mol. The molecule has 5 nitrogen and oxygen atoms in total. The lowest BCUT2D eigenvalue weighted by atomic mass is 10.0. The van der Waals surface area contributed by atoms with E-state index in [1.807, 2.05) is 24.7 Å². The number of hydrogen-bond acceptors (Lipinski definition) is 5. The van der Waals surface area contributed by atoms with Gasteiger partial charge >= 0.3 is 0 Å². The Morgan fingerprint density at radius 3 is 2.68 bits per heavy atom. The van der Waals surface area contributed by atoms with E-state index in [0.717, 1.165) is 48.1 Å². The van der Waals surface area contributed by atoms with Crippen LogP contribution in [0.4, 0.5) is 5.95 Å². The lowest BCUT2D eigenvalue weighted by molar-refractivity contribution is 0.295. The molecule has 3 rings (SSSR count). The third-order valence-electron chi connectivity index (χ3n) is 5.31. The van der Waals surface area contributed by atoms with Crippen LogP contribution in [0.5, 0.6) is 0 Å². The summed E-state index contributed by atoms with van der Waals surface area (Å²) in [6.45, 7) is 12.1. The fraction of sp³-hybridized carbons (Fsp3) is 0.435. The van der Waals surface area contributed by atoms with Crippen LogP contribution < -0.4 is 5.32 Å². The molecule has 5 heteroatoms. The van der Waals surface area contributed by atoms with Crippen LogP contribution in [-0.4, -0.2) is 45.5 Å². The molecule has 2 heterocycles. The number of aromatic nitrogens is 3. The Hall–Kier alpha value is -2.53. The molecule has 0 spiro atoms. The van der Waals surface area contributed by atoms with Gasteiger partial charge in [-0.1, -0.05) is 19.9 Å². The molecule has 3 aromatic rings. The van der Waals surface area contributed by atoms with Crippen LogP contribution in [0.3, 0.4) is 0 Å². The first-order chi connectivity index (χ1) is 13.6. The molecule has 2 aromatic heterocycles. The highest BCUT2D eigenvalue weighted by molar-refractivity contribution is 5.85. The summed E-state index contributed by atoms with van der Waals surface area (Å²) in [4.78, 5) is 15.9. The Kier molecular flexibility index (Phi) is 6.93. The van der Waals surface area contributed by atoms with Gasteiger partial charge in [-0.25, -0.2) is 9.97 Å². The quantitative estimate of drug-likeness (QED) is 0.573. The molecule has 0 fully saturated rings. The van der Waals surface area contributed by atoms with Gasteiger partial charge in [-0.3, -0.25) is 4.98 Å². The molecule has 0 radical (unpaired) electrons. The summed E-state index contributed by atoms with van der Waals surface area (Å²) < 4.78 is 0. The molecule has 1 N–H and O–H groups in total. The third kappa shape index (κ3) is 5.04. The Labute approximate surface area is 168 Å². The number of anilines is 1. The number of pyridine rings is 1. The molecular weight excluding hydrogens is 346 g/mol. The lowest BCUT2D eigenvalue weighted by Crippen LogP contribution is -2.25. The number of hydrogen-bond donors (Lipinski definition) is 1. The van der Waals surface area contributed by atoms with E-state index in [9.17, 15) is 0 Å². The number of benzene rings is 1. The maximum absolute atomic E-state index is 4.70. The van der Waals surface area contributed by atoms with Crippen LogP contribution in [-0.2, 0) is 0 Å². The van der Waals surface area contributed by atoms with Crippen molar-refractivity contribution in [2.75, 3.05) is 25.0 Å². The summed E-state index contributed by atoms with van der Waals surface area (Å²) in [6.07, 6.45) is 7.92. The molecule has 0 aliphatic rings. The van der Waals surface area contributed by atoms with E-state index in [4.69, 9.17) is 4.98 Å². The number of nitrogens with zero attached hydrogens (tertiary/aromatic N) is 4. The van der Waals surface area contributed by atoms with Gasteiger partial charge < -0.3 is 10.2 Å². The van der Waals surface area contributed by atoms with Gasteiger partial charge in [-0.05, 0) is 75.6 Å². The molecule has 1 unspecified atom stereocenters. The topological polar surface area (TPSA) is 53.9 Å². The predicted molar refractivity (Wildman–Crippen MR) is 118 cm³/mol. The highest BCUT2D eigenvalue weighted by Gasteiger charge is 2.08.